The molecule has 0 amide bonds. The Hall–Kier alpha value is -2.64. The van der Waals surface area contributed by atoms with Crippen LogP contribution in [-0.4, -0.2) is 24.9 Å². The Morgan fingerprint density at radius 2 is 1.96 bits per heavy atom. The number of aromatic nitrogens is 5. The molecule has 0 atom stereocenters. The Balaban J connectivity index is 1.52. The molecule has 0 aliphatic carbocycles. The van der Waals surface area contributed by atoms with Gasteiger partial charge in [-0.3, -0.25) is 0 Å². The molecule has 0 spiro atoms. The minimum atomic E-state index is 0.415. The van der Waals surface area contributed by atoms with Crippen LogP contribution in [-0.2, 0) is 12.3 Å². The van der Waals surface area contributed by atoms with E-state index in [9.17, 15) is 0 Å². The summed E-state index contributed by atoms with van der Waals surface area (Å²) in [6.45, 7) is 4.92. The van der Waals surface area contributed by atoms with Gasteiger partial charge in [0.05, 0.1) is 16.3 Å². The Morgan fingerprint density at radius 1 is 1.11 bits per heavy atom. The van der Waals surface area contributed by atoms with Crippen LogP contribution in [0.2, 0.25) is 5.02 Å². The topological polar surface area (TPSA) is 69.6 Å². The van der Waals surface area contributed by atoms with Crippen molar-refractivity contribution in [2.75, 3.05) is 0 Å². The largest absolute Gasteiger partial charge is 0.334 e. The second-order valence-electron chi connectivity index (χ2n) is 6.20. The highest BCUT2D eigenvalue weighted by Crippen LogP contribution is 2.29. The van der Waals surface area contributed by atoms with Crippen molar-refractivity contribution in [3.05, 3.63) is 64.9 Å². The molecule has 0 N–H and O–H groups in total. The molecule has 0 aliphatic heterocycles. The summed E-state index contributed by atoms with van der Waals surface area (Å²) < 4.78 is 7.45. The van der Waals surface area contributed by atoms with Gasteiger partial charge in [-0.2, -0.15) is 4.98 Å². The number of rotatable bonds is 6. The highest BCUT2D eigenvalue weighted by Gasteiger charge is 2.16. The second-order valence-corrected chi connectivity index (χ2v) is 7.55. The molecule has 2 aromatic heterocycles. The molecule has 0 unspecified atom stereocenters. The molecule has 2 heterocycles. The summed E-state index contributed by atoms with van der Waals surface area (Å²) >= 11 is 7.73. The van der Waals surface area contributed by atoms with Gasteiger partial charge in [0.2, 0.25) is 0 Å². The molecule has 0 aliphatic rings. The van der Waals surface area contributed by atoms with E-state index in [1.54, 1.807) is 6.07 Å². The van der Waals surface area contributed by atoms with Gasteiger partial charge in [0.15, 0.2) is 16.8 Å². The van der Waals surface area contributed by atoms with Crippen molar-refractivity contribution in [2.24, 2.45) is 0 Å². The summed E-state index contributed by atoms with van der Waals surface area (Å²) in [7, 11) is 0. The zero-order valence-electron chi connectivity index (χ0n) is 15.5. The average molecular weight is 412 g/mol. The molecule has 28 heavy (non-hydrogen) atoms. The summed E-state index contributed by atoms with van der Waals surface area (Å²) in [6, 6.07) is 15.7. The fourth-order valence-corrected chi connectivity index (χ4v) is 3.93. The zero-order valence-corrected chi connectivity index (χ0v) is 17.0. The number of benzene rings is 2. The van der Waals surface area contributed by atoms with Crippen molar-refractivity contribution in [3.8, 4) is 22.8 Å². The normalized spacial score (nSPS) is 11.1. The Bertz CT molecular complexity index is 1110. The van der Waals surface area contributed by atoms with Crippen LogP contribution in [0.3, 0.4) is 0 Å². The van der Waals surface area contributed by atoms with Crippen LogP contribution in [0.4, 0.5) is 0 Å². The molecule has 0 bridgehead atoms. The molecule has 0 saturated carbocycles. The van der Waals surface area contributed by atoms with Crippen molar-refractivity contribution >= 4 is 23.4 Å². The second kappa shape index (κ2) is 8.16. The Morgan fingerprint density at radius 3 is 2.75 bits per heavy atom. The van der Waals surface area contributed by atoms with Gasteiger partial charge < -0.3 is 9.09 Å². The average Bonchev–Trinajstić information content (AvgIpc) is 3.33. The van der Waals surface area contributed by atoms with Crippen molar-refractivity contribution < 1.29 is 4.52 Å². The number of nitrogens with zero attached hydrogens (tertiary/aromatic N) is 5. The lowest BCUT2D eigenvalue weighted by Gasteiger charge is -2.07. The highest BCUT2D eigenvalue weighted by molar-refractivity contribution is 7.98. The molecule has 4 rings (SSSR count). The molecule has 2 aromatic carbocycles. The van der Waals surface area contributed by atoms with Crippen LogP contribution in [0, 0.1) is 6.92 Å². The van der Waals surface area contributed by atoms with E-state index in [0.717, 1.165) is 28.7 Å². The number of hydrogen-bond donors (Lipinski definition) is 0. The summed E-state index contributed by atoms with van der Waals surface area (Å²) in [6.07, 6.45) is 0. The first-order valence-corrected chi connectivity index (χ1v) is 10.2. The fraction of sp³-hybridized carbons (Fsp3) is 0.200. The smallest absolute Gasteiger partial charge is 0.259 e. The number of hydrogen-bond acceptors (Lipinski definition) is 6. The third-order valence-corrected chi connectivity index (χ3v) is 5.50. The van der Waals surface area contributed by atoms with Crippen LogP contribution >= 0.6 is 23.4 Å². The predicted molar refractivity (Wildman–Crippen MR) is 110 cm³/mol. The van der Waals surface area contributed by atoms with Gasteiger partial charge in [0.1, 0.15) is 0 Å². The quantitative estimate of drug-likeness (QED) is 0.402. The van der Waals surface area contributed by atoms with Gasteiger partial charge in [-0.15, -0.1) is 10.2 Å². The number of halogens is 1. The third-order valence-electron chi connectivity index (χ3n) is 4.21. The maximum Gasteiger partial charge on any atom is 0.259 e. The monoisotopic (exact) mass is 411 g/mol. The van der Waals surface area contributed by atoms with Crippen LogP contribution in [0.15, 0.2) is 58.2 Å². The molecule has 0 saturated heterocycles. The molecule has 4 aromatic rings. The summed E-state index contributed by atoms with van der Waals surface area (Å²) in [5.74, 6) is 2.39. The van der Waals surface area contributed by atoms with Crippen LogP contribution in [0.25, 0.3) is 22.8 Å². The van der Waals surface area contributed by atoms with Crippen molar-refractivity contribution in [1.82, 2.24) is 24.9 Å². The van der Waals surface area contributed by atoms with Gasteiger partial charge in [0, 0.05) is 12.1 Å². The maximum absolute atomic E-state index is 6.20. The molecule has 6 nitrogen and oxygen atoms in total. The van der Waals surface area contributed by atoms with E-state index >= 15 is 0 Å². The predicted octanol–water partition coefficient (Wildman–Crippen LogP) is 5.27. The lowest BCUT2D eigenvalue weighted by molar-refractivity contribution is 0.425. The maximum atomic E-state index is 6.20. The summed E-state index contributed by atoms with van der Waals surface area (Å²) in [4.78, 5) is 4.45. The zero-order chi connectivity index (χ0) is 19.5. The van der Waals surface area contributed by atoms with E-state index in [0.29, 0.717) is 22.5 Å². The van der Waals surface area contributed by atoms with Gasteiger partial charge in [-0.05, 0) is 32.0 Å². The first kappa shape index (κ1) is 18.7. The standard InChI is InChI=1S/C20H18ClN5OS/c1-3-26-18(14-8-6-7-13(2)11-14)23-24-20(26)28-12-17-22-19(27-25-17)15-9-4-5-10-16(15)21/h4-11H,3,12H2,1-2H3. The van der Waals surface area contributed by atoms with Gasteiger partial charge in [-0.25, -0.2) is 0 Å². The lowest BCUT2D eigenvalue weighted by atomic mass is 10.1. The molecule has 142 valence electrons. The van der Waals surface area contributed by atoms with Crippen LogP contribution in [0.1, 0.15) is 18.3 Å². The van der Waals surface area contributed by atoms with E-state index < -0.39 is 0 Å². The minimum Gasteiger partial charge on any atom is -0.334 e. The van der Waals surface area contributed by atoms with E-state index in [4.69, 9.17) is 16.1 Å². The lowest BCUT2D eigenvalue weighted by Crippen LogP contribution is -2.00. The Kier molecular flexibility index (Phi) is 5.45. The van der Waals surface area contributed by atoms with Crippen LogP contribution in [0.5, 0.6) is 0 Å². The molecule has 0 radical (unpaired) electrons. The highest BCUT2D eigenvalue weighted by atomic mass is 35.5. The van der Waals surface area contributed by atoms with Crippen molar-refractivity contribution in [3.63, 3.8) is 0 Å². The van der Waals surface area contributed by atoms with Crippen molar-refractivity contribution in [1.29, 1.82) is 0 Å². The van der Waals surface area contributed by atoms with Crippen LogP contribution < -0.4 is 0 Å². The fourth-order valence-electron chi connectivity index (χ4n) is 2.86. The number of aryl methyl sites for hydroxylation is 1. The summed E-state index contributed by atoms with van der Waals surface area (Å²) in [5, 5.41) is 14.2. The van der Waals surface area contributed by atoms with E-state index in [-0.39, 0.29) is 0 Å². The van der Waals surface area contributed by atoms with Gasteiger partial charge in [0.25, 0.3) is 5.89 Å². The van der Waals surface area contributed by atoms with Crippen molar-refractivity contribution in [2.45, 2.75) is 31.3 Å². The SMILES string of the molecule is CCn1c(SCc2noc(-c3ccccc3Cl)n2)nnc1-c1cccc(C)c1. The first-order chi connectivity index (χ1) is 13.7. The Labute approximate surface area is 172 Å². The third kappa shape index (κ3) is 3.81. The molecule has 0 fully saturated rings. The molecular formula is C20H18ClN5OS. The first-order valence-electron chi connectivity index (χ1n) is 8.86. The van der Waals surface area contributed by atoms with Gasteiger partial charge >= 0.3 is 0 Å². The van der Waals surface area contributed by atoms with E-state index in [1.165, 1.54) is 17.3 Å². The van der Waals surface area contributed by atoms with E-state index in [2.05, 4.69) is 50.9 Å². The molecule has 8 heteroatoms. The van der Waals surface area contributed by atoms with E-state index in [1.807, 2.05) is 30.3 Å². The minimum absolute atomic E-state index is 0.415. The molecular weight excluding hydrogens is 394 g/mol. The summed E-state index contributed by atoms with van der Waals surface area (Å²) in [5.41, 5.74) is 2.98. The number of thioether (sulfide) groups is 1. The van der Waals surface area contributed by atoms with Gasteiger partial charge in [-0.1, -0.05) is 64.4 Å².